The van der Waals surface area contributed by atoms with E-state index in [9.17, 15) is 9.18 Å². The van der Waals surface area contributed by atoms with Crippen LogP contribution in [0.1, 0.15) is 15.2 Å². The molecule has 0 unspecified atom stereocenters. The zero-order valence-corrected chi connectivity index (χ0v) is 9.17. The number of rotatable bonds is 3. The lowest BCUT2D eigenvalue weighted by Gasteiger charge is -2.02. The van der Waals surface area contributed by atoms with Gasteiger partial charge < -0.3 is 4.74 Å². The highest BCUT2D eigenvalue weighted by molar-refractivity contribution is 7.11. The summed E-state index contributed by atoms with van der Waals surface area (Å²) >= 11 is 1.33. The molecule has 0 fully saturated rings. The summed E-state index contributed by atoms with van der Waals surface area (Å²) < 4.78 is 17.7. The smallest absolute Gasteiger partial charge is 0.348 e. The van der Waals surface area contributed by atoms with E-state index in [1.807, 2.05) is 5.38 Å². The van der Waals surface area contributed by atoms with E-state index in [0.29, 0.717) is 4.88 Å². The third-order valence-corrected chi connectivity index (χ3v) is 2.86. The molecule has 2 rings (SSSR count). The predicted molar refractivity (Wildman–Crippen MR) is 59.8 cm³/mol. The number of esters is 1. The first-order valence-corrected chi connectivity index (χ1v) is 5.59. The Labute approximate surface area is 96.3 Å². The molecule has 0 amide bonds. The first-order chi connectivity index (χ1) is 7.75. The molecule has 0 N–H and O–H groups in total. The van der Waals surface area contributed by atoms with Crippen molar-refractivity contribution in [2.24, 2.45) is 0 Å². The fourth-order valence-corrected chi connectivity index (χ4v) is 1.81. The van der Waals surface area contributed by atoms with E-state index in [1.165, 1.54) is 23.5 Å². The van der Waals surface area contributed by atoms with E-state index in [2.05, 4.69) is 0 Å². The molecule has 0 saturated heterocycles. The van der Waals surface area contributed by atoms with Gasteiger partial charge in [-0.05, 0) is 29.1 Å². The fourth-order valence-electron chi connectivity index (χ4n) is 1.20. The van der Waals surface area contributed by atoms with Crippen molar-refractivity contribution in [3.05, 3.63) is 58.0 Å². The normalized spacial score (nSPS) is 10.1. The van der Waals surface area contributed by atoms with Crippen LogP contribution in [0.15, 0.2) is 41.8 Å². The second-order valence-corrected chi connectivity index (χ2v) is 4.13. The Morgan fingerprint density at radius 3 is 2.62 bits per heavy atom. The minimum absolute atomic E-state index is 0.164. The lowest BCUT2D eigenvalue weighted by atomic mass is 10.2. The van der Waals surface area contributed by atoms with E-state index < -0.39 is 0 Å². The van der Waals surface area contributed by atoms with E-state index in [1.54, 1.807) is 24.3 Å². The number of thiophene rings is 1. The van der Waals surface area contributed by atoms with Gasteiger partial charge in [-0.25, -0.2) is 9.18 Å². The summed E-state index contributed by atoms with van der Waals surface area (Å²) in [7, 11) is 0. The molecule has 0 radical (unpaired) electrons. The molecule has 0 spiro atoms. The van der Waals surface area contributed by atoms with E-state index >= 15 is 0 Å². The Balaban J connectivity index is 1.93. The molecule has 2 aromatic rings. The number of carbonyl (C=O) groups is 1. The zero-order chi connectivity index (χ0) is 11.4. The lowest BCUT2D eigenvalue weighted by molar-refractivity contribution is 0.0478. The second-order valence-electron chi connectivity index (χ2n) is 3.18. The maximum absolute atomic E-state index is 12.6. The summed E-state index contributed by atoms with van der Waals surface area (Å²) in [6, 6.07) is 9.37. The van der Waals surface area contributed by atoms with Crippen molar-refractivity contribution in [2.45, 2.75) is 6.61 Å². The van der Waals surface area contributed by atoms with Crippen molar-refractivity contribution in [1.29, 1.82) is 0 Å². The van der Waals surface area contributed by atoms with Crippen molar-refractivity contribution in [3.8, 4) is 0 Å². The van der Waals surface area contributed by atoms with Crippen LogP contribution < -0.4 is 0 Å². The molecule has 1 aromatic heterocycles. The van der Waals surface area contributed by atoms with Crippen molar-refractivity contribution >= 4 is 17.3 Å². The van der Waals surface area contributed by atoms with Gasteiger partial charge in [-0.15, -0.1) is 11.3 Å². The highest BCUT2D eigenvalue weighted by atomic mass is 32.1. The van der Waals surface area contributed by atoms with Gasteiger partial charge in [0.05, 0.1) is 0 Å². The van der Waals surface area contributed by atoms with Crippen LogP contribution in [-0.2, 0) is 11.3 Å². The zero-order valence-electron chi connectivity index (χ0n) is 8.35. The Bertz CT molecular complexity index is 462. The van der Waals surface area contributed by atoms with Gasteiger partial charge in [-0.3, -0.25) is 0 Å². The minimum atomic E-state index is -0.348. The Hall–Kier alpha value is -1.68. The number of benzene rings is 1. The van der Waals surface area contributed by atoms with Gasteiger partial charge in [0.2, 0.25) is 0 Å². The summed E-state index contributed by atoms with van der Waals surface area (Å²) in [5, 5.41) is 1.81. The number of halogens is 1. The molecule has 4 heteroatoms. The van der Waals surface area contributed by atoms with Crippen molar-refractivity contribution in [2.75, 3.05) is 0 Å². The monoisotopic (exact) mass is 236 g/mol. The molecule has 0 aliphatic rings. The fraction of sp³-hybridized carbons (Fsp3) is 0.0833. The standard InChI is InChI=1S/C12H9FO2S/c13-10-5-3-9(4-6-10)8-15-12(14)11-2-1-7-16-11/h1-7H,8H2. The third-order valence-electron chi connectivity index (χ3n) is 2.01. The average Bonchev–Trinajstić information content (AvgIpc) is 2.81. The molecule has 2 nitrogen and oxygen atoms in total. The van der Waals surface area contributed by atoms with Gasteiger partial charge in [0.25, 0.3) is 0 Å². The molecule has 0 aliphatic carbocycles. The van der Waals surface area contributed by atoms with Crippen LogP contribution >= 0.6 is 11.3 Å². The molecule has 82 valence electrons. The topological polar surface area (TPSA) is 26.3 Å². The van der Waals surface area contributed by atoms with Crippen LogP contribution in [0.5, 0.6) is 0 Å². The second kappa shape index (κ2) is 4.90. The Kier molecular flexibility index (Phi) is 3.31. The Morgan fingerprint density at radius 2 is 2.00 bits per heavy atom. The first kappa shape index (κ1) is 10.8. The van der Waals surface area contributed by atoms with Crippen LogP contribution in [-0.4, -0.2) is 5.97 Å². The molecule has 1 aromatic carbocycles. The minimum Gasteiger partial charge on any atom is -0.457 e. The van der Waals surface area contributed by atoms with Gasteiger partial charge in [0.1, 0.15) is 17.3 Å². The van der Waals surface area contributed by atoms with E-state index in [-0.39, 0.29) is 18.4 Å². The van der Waals surface area contributed by atoms with Crippen LogP contribution in [0.3, 0.4) is 0 Å². The van der Waals surface area contributed by atoms with Gasteiger partial charge in [0.15, 0.2) is 0 Å². The van der Waals surface area contributed by atoms with Crippen molar-refractivity contribution < 1.29 is 13.9 Å². The number of carbonyl (C=O) groups excluding carboxylic acids is 1. The van der Waals surface area contributed by atoms with Gasteiger partial charge in [-0.1, -0.05) is 18.2 Å². The van der Waals surface area contributed by atoms with Crippen LogP contribution in [0.25, 0.3) is 0 Å². The van der Waals surface area contributed by atoms with Crippen LogP contribution in [0.4, 0.5) is 4.39 Å². The summed E-state index contributed by atoms with van der Waals surface area (Å²) in [6.07, 6.45) is 0. The van der Waals surface area contributed by atoms with Gasteiger partial charge >= 0.3 is 5.97 Å². The largest absolute Gasteiger partial charge is 0.457 e. The quantitative estimate of drug-likeness (QED) is 0.765. The molecule has 0 saturated carbocycles. The maximum Gasteiger partial charge on any atom is 0.348 e. The van der Waals surface area contributed by atoms with Crippen molar-refractivity contribution in [1.82, 2.24) is 0 Å². The third kappa shape index (κ3) is 2.67. The summed E-state index contributed by atoms with van der Waals surface area (Å²) in [4.78, 5) is 12.0. The van der Waals surface area contributed by atoms with E-state index in [0.717, 1.165) is 5.56 Å². The molecule has 0 bridgehead atoms. The molecule has 0 atom stereocenters. The molecule has 16 heavy (non-hydrogen) atoms. The maximum atomic E-state index is 12.6. The highest BCUT2D eigenvalue weighted by Gasteiger charge is 2.07. The van der Waals surface area contributed by atoms with Gasteiger partial charge in [0, 0.05) is 0 Å². The molecular formula is C12H9FO2S. The highest BCUT2D eigenvalue weighted by Crippen LogP contribution is 2.11. The Morgan fingerprint density at radius 1 is 1.25 bits per heavy atom. The molecule has 0 aliphatic heterocycles. The first-order valence-electron chi connectivity index (χ1n) is 4.71. The van der Waals surface area contributed by atoms with E-state index in [4.69, 9.17) is 4.74 Å². The predicted octanol–water partition coefficient (Wildman–Crippen LogP) is 3.24. The summed E-state index contributed by atoms with van der Waals surface area (Å²) in [5.74, 6) is -0.646. The van der Waals surface area contributed by atoms with Crippen LogP contribution in [0.2, 0.25) is 0 Å². The number of hydrogen-bond acceptors (Lipinski definition) is 3. The molecule has 1 heterocycles. The number of hydrogen-bond donors (Lipinski definition) is 0. The lowest BCUT2D eigenvalue weighted by Crippen LogP contribution is -2.02. The summed E-state index contributed by atoms with van der Waals surface area (Å²) in [6.45, 7) is 0.164. The van der Waals surface area contributed by atoms with Crippen molar-refractivity contribution in [3.63, 3.8) is 0 Å². The van der Waals surface area contributed by atoms with Gasteiger partial charge in [-0.2, -0.15) is 0 Å². The van der Waals surface area contributed by atoms with Crippen LogP contribution in [0, 0.1) is 5.82 Å². The molecular weight excluding hydrogens is 227 g/mol. The number of ether oxygens (including phenoxy) is 1. The SMILES string of the molecule is O=C(OCc1ccc(F)cc1)c1cccs1. The summed E-state index contributed by atoms with van der Waals surface area (Å²) in [5.41, 5.74) is 0.770. The average molecular weight is 236 g/mol.